The molecule has 0 spiro atoms. The van der Waals surface area contributed by atoms with E-state index in [-0.39, 0.29) is 0 Å². The van der Waals surface area contributed by atoms with Gasteiger partial charge in [-0.15, -0.1) is 11.3 Å². The molecule has 152 valence electrons. The van der Waals surface area contributed by atoms with Crippen LogP contribution in [0.15, 0.2) is 42.7 Å². The number of fused-ring (bicyclic) bond motifs is 1. The third kappa shape index (κ3) is 3.48. The lowest BCUT2D eigenvalue weighted by atomic mass is 10.0. The largest absolute Gasteiger partial charge is 0.352 e. The van der Waals surface area contributed by atoms with Crippen LogP contribution in [0.5, 0.6) is 0 Å². The number of nitrogens with zero attached hydrogens (tertiary/aromatic N) is 6. The number of aryl methyl sites for hydroxylation is 2. The average Bonchev–Trinajstić information content (AvgIpc) is 3.10. The van der Waals surface area contributed by atoms with Gasteiger partial charge >= 0.3 is 0 Å². The summed E-state index contributed by atoms with van der Waals surface area (Å²) in [5, 5.41) is 1.39. The molecule has 6 nitrogen and oxygen atoms in total. The first kappa shape index (κ1) is 19.2. The lowest BCUT2D eigenvalue weighted by Gasteiger charge is -2.35. The van der Waals surface area contributed by atoms with Gasteiger partial charge in [0, 0.05) is 49.0 Å². The van der Waals surface area contributed by atoms with E-state index in [2.05, 4.69) is 67.8 Å². The Kier molecular flexibility index (Phi) is 5.00. The van der Waals surface area contributed by atoms with Gasteiger partial charge in [-0.05, 0) is 37.1 Å². The standard InChI is InChI=1S/C22H21ClN6S/c1-14-4-6-16(7-5-14)17-15(2)30-20-18(17)19(26-21(23)27-20)28-10-12-29(13-11-28)22-24-8-3-9-25-22/h3-9H,10-13H2,1-2H3. The predicted molar refractivity (Wildman–Crippen MR) is 124 cm³/mol. The maximum Gasteiger partial charge on any atom is 0.225 e. The lowest BCUT2D eigenvalue weighted by molar-refractivity contribution is 0.636. The number of anilines is 2. The summed E-state index contributed by atoms with van der Waals surface area (Å²) < 4.78 is 0. The highest BCUT2D eigenvalue weighted by Gasteiger charge is 2.25. The van der Waals surface area contributed by atoms with E-state index in [1.54, 1.807) is 23.7 Å². The Labute approximate surface area is 184 Å². The van der Waals surface area contributed by atoms with Crippen LogP contribution in [-0.2, 0) is 0 Å². The molecule has 1 fully saturated rings. The van der Waals surface area contributed by atoms with Crippen LogP contribution in [0.4, 0.5) is 11.8 Å². The zero-order valence-corrected chi connectivity index (χ0v) is 18.4. The highest BCUT2D eigenvalue weighted by Crippen LogP contribution is 2.42. The molecule has 0 aliphatic carbocycles. The highest BCUT2D eigenvalue weighted by molar-refractivity contribution is 7.19. The Balaban J connectivity index is 1.54. The third-order valence-electron chi connectivity index (χ3n) is 5.44. The number of halogens is 1. The Bertz CT molecular complexity index is 1180. The summed E-state index contributed by atoms with van der Waals surface area (Å²) in [5.74, 6) is 1.69. The molecule has 4 heterocycles. The Morgan fingerprint density at radius 3 is 2.27 bits per heavy atom. The second kappa shape index (κ2) is 7.81. The molecule has 0 saturated carbocycles. The van der Waals surface area contributed by atoms with Crippen molar-refractivity contribution in [3.8, 4) is 11.1 Å². The summed E-state index contributed by atoms with van der Waals surface area (Å²) in [4.78, 5) is 24.6. The van der Waals surface area contributed by atoms with Gasteiger partial charge in [-0.2, -0.15) is 4.98 Å². The molecule has 0 amide bonds. The molecular formula is C22H21ClN6S. The van der Waals surface area contributed by atoms with E-state index in [0.29, 0.717) is 5.28 Å². The monoisotopic (exact) mass is 436 g/mol. The summed E-state index contributed by atoms with van der Waals surface area (Å²) >= 11 is 8.00. The van der Waals surface area contributed by atoms with Gasteiger partial charge in [0.15, 0.2) is 0 Å². The molecule has 0 radical (unpaired) electrons. The number of thiophene rings is 1. The number of aromatic nitrogens is 4. The molecule has 1 aliphatic rings. The molecule has 3 aromatic heterocycles. The van der Waals surface area contributed by atoms with Gasteiger partial charge in [0.2, 0.25) is 11.2 Å². The zero-order valence-electron chi connectivity index (χ0n) is 16.8. The molecule has 5 rings (SSSR count). The van der Waals surface area contributed by atoms with Crippen molar-refractivity contribution in [3.63, 3.8) is 0 Å². The van der Waals surface area contributed by atoms with Crippen LogP contribution in [0.2, 0.25) is 5.28 Å². The number of hydrogen-bond acceptors (Lipinski definition) is 7. The molecular weight excluding hydrogens is 416 g/mol. The van der Waals surface area contributed by atoms with Crippen molar-refractivity contribution in [2.24, 2.45) is 0 Å². The van der Waals surface area contributed by atoms with Crippen LogP contribution in [-0.4, -0.2) is 46.1 Å². The van der Waals surface area contributed by atoms with Crippen LogP contribution in [0.3, 0.4) is 0 Å². The molecule has 0 unspecified atom stereocenters. The SMILES string of the molecule is Cc1ccc(-c2c(C)sc3nc(Cl)nc(N4CCN(c5ncccn5)CC4)c23)cc1. The van der Waals surface area contributed by atoms with Crippen molar-refractivity contribution in [1.29, 1.82) is 0 Å². The summed E-state index contributed by atoms with van der Waals surface area (Å²) in [7, 11) is 0. The summed E-state index contributed by atoms with van der Waals surface area (Å²) in [5.41, 5.74) is 3.64. The fourth-order valence-electron chi connectivity index (χ4n) is 3.94. The topological polar surface area (TPSA) is 58.0 Å². The molecule has 8 heteroatoms. The van der Waals surface area contributed by atoms with Crippen LogP contribution < -0.4 is 9.80 Å². The maximum atomic E-state index is 6.32. The van der Waals surface area contributed by atoms with Crippen molar-refractivity contribution < 1.29 is 0 Å². The van der Waals surface area contributed by atoms with E-state index in [1.165, 1.54) is 21.6 Å². The highest BCUT2D eigenvalue weighted by atomic mass is 35.5. The van der Waals surface area contributed by atoms with Crippen molar-refractivity contribution in [1.82, 2.24) is 19.9 Å². The third-order valence-corrected chi connectivity index (χ3v) is 6.60. The van der Waals surface area contributed by atoms with Crippen LogP contribution in [0, 0.1) is 13.8 Å². The van der Waals surface area contributed by atoms with Crippen LogP contribution >= 0.6 is 22.9 Å². The maximum absolute atomic E-state index is 6.32. The minimum absolute atomic E-state index is 0.294. The van der Waals surface area contributed by atoms with Crippen molar-refractivity contribution in [2.75, 3.05) is 36.0 Å². The molecule has 30 heavy (non-hydrogen) atoms. The van der Waals surface area contributed by atoms with Gasteiger partial charge < -0.3 is 9.80 Å². The van der Waals surface area contributed by atoms with Gasteiger partial charge in [0.25, 0.3) is 0 Å². The van der Waals surface area contributed by atoms with Crippen LogP contribution in [0.1, 0.15) is 10.4 Å². The molecule has 0 atom stereocenters. The van der Waals surface area contributed by atoms with Gasteiger partial charge in [-0.1, -0.05) is 29.8 Å². The minimum Gasteiger partial charge on any atom is -0.352 e. The molecule has 1 aliphatic heterocycles. The Morgan fingerprint density at radius 1 is 0.900 bits per heavy atom. The van der Waals surface area contributed by atoms with E-state index in [1.807, 2.05) is 6.07 Å². The molecule has 1 aromatic carbocycles. The van der Waals surface area contributed by atoms with Gasteiger partial charge in [0.1, 0.15) is 10.6 Å². The van der Waals surface area contributed by atoms with E-state index < -0.39 is 0 Å². The van der Waals surface area contributed by atoms with Gasteiger partial charge in [-0.3, -0.25) is 0 Å². The zero-order chi connectivity index (χ0) is 20.7. The predicted octanol–water partition coefficient (Wildman–Crippen LogP) is 4.75. The van der Waals surface area contributed by atoms with Crippen LogP contribution in [0.25, 0.3) is 21.3 Å². The normalized spacial score (nSPS) is 14.5. The van der Waals surface area contributed by atoms with E-state index in [9.17, 15) is 0 Å². The van der Waals surface area contributed by atoms with Crippen molar-refractivity contribution >= 4 is 44.9 Å². The first-order valence-corrected chi connectivity index (χ1v) is 11.1. The van der Waals surface area contributed by atoms with Crippen molar-refractivity contribution in [3.05, 3.63) is 58.4 Å². The number of piperazine rings is 1. The van der Waals surface area contributed by atoms with Crippen molar-refractivity contribution in [2.45, 2.75) is 13.8 Å². The van der Waals surface area contributed by atoms with E-state index >= 15 is 0 Å². The van der Waals surface area contributed by atoms with E-state index in [4.69, 9.17) is 11.6 Å². The first-order valence-electron chi connectivity index (χ1n) is 9.91. The molecule has 0 N–H and O–H groups in total. The summed E-state index contributed by atoms with van der Waals surface area (Å²) in [6.45, 7) is 7.55. The average molecular weight is 437 g/mol. The van der Waals surface area contributed by atoms with E-state index in [0.717, 1.165) is 48.2 Å². The number of benzene rings is 1. The summed E-state index contributed by atoms with van der Waals surface area (Å²) in [6.07, 6.45) is 3.56. The molecule has 1 saturated heterocycles. The number of rotatable bonds is 3. The second-order valence-electron chi connectivity index (χ2n) is 7.42. The Hall–Kier alpha value is -2.77. The van der Waals surface area contributed by atoms with Gasteiger partial charge in [0.05, 0.1) is 5.39 Å². The van der Waals surface area contributed by atoms with Gasteiger partial charge in [-0.25, -0.2) is 15.0 Å². The molecule has 0 bridgehead atoms. The fourth-order valence-corrected chi connectivity index (χ4v) is 5.19. The lowest BCUT2D eigenvalue weighted by Crippen LogP contribution is -2.47. The first-order chi connectivity index (χ1) is 14.6. The quantitative estimate of drug-likeness (QED) is 0.432. The number of hydrogen-bond donors (Lipinski definition) is 0. The minimum atomic E-state index is 0.294. The fraction of sp³-hybridized carbons (Fsp3) is 0.273. The molecule has 4 aromatic rings. The smallest absolute Gasteiger partial charge is 0.225 e. The Morgan fingerprint density at radius 2 is 1.57 bits per heavy atom. The second-order valence-corrected chi connectivity index (χ2v) is 8.96. The summed E-state index contributed by atoms with van der Waals surface area (Å²) in [6, 6.07) is 10.5.